The summed E-state index contributed by atoms with van der Waals surface area (Å²) < 4.78 is 22.1. The van der Waals surface area contributed by atoms with Crippen molar-refractivity contribution in [3.05, 3.63) is 60.6 Å². The van der Waals surface area contributed by atoms with Gasteiger partial charge in [-0.2, -0.15) is 10.4 Å². The molecule has 2 aliphatic rings. The highest BCUT2D eigenvalue weighted by atomic mass is 19.1. The summed E-state index contributed by atoms with van der Waals surface area (Å²) in [6.07, 6.45) is 10.8. The number of carbonyl (C=O) groups is 1. The summed E-state index contributed by atoms with van der Waals surface area (Å²) in [7, 11) is 0. The summed E-state index contributed by atoms with van der Waals surface area (Å²) in [5, 5.41) is 17.9. The van der Waals surface area contributed by atoms with E-state index in [0.717, 1.165) is 61.1 Å². The lowest BCUT2D eigenvalue weighted by Crippen LogP contribution is -2.41. The lowest BCUT2D eigenvalue weighted by Gasteiger charge is -2.34. The zero-order valence-corrected chi connectivity index (χ0v) is 21.4. The molecule has 4 heterocycles. The Kier molecular flexibility index (Phi) is 6.94. The Morgan fingerprint density at radius 2 is 2.08 bits per heavy atom. The molecule has 0 radical (unpaired) electrons. The number of fused-ring (bicyclic) bond motifs is 1. The number of nitrogens with zero attached hydrogens (tertiary/aromatic N) is 6. The first kappa shape index (κ1) is 25.0. The standard InChI is InChI=1S/C28H29FN8O2/c29-20-11-18(28(38)35-21-1-2-21)12-24(13-20)39-23-5-9-36(10-6-23)16-22(3-7-30)37-15-19(14-34-37)26-25-4-8-31-27(25)33-17-32-26/h4,8,11-15,17,21-23H,1-3,5-6,9-10,16H2,(H,35,38)(H,31,32,33). The number of piperidine rings is 1. The molecule has 1 aromatic carbocycles. The Labute approximate surface area is 224 Å². The summed E-state index contributed by atoms with van der Waals surface area (Å²) in [6, 6.07) is 8.52. The predicted molar refractivity (Wildman–Crippen MR) is 141 cm³/mol. The number of rotatable bonds is 9. The highest BCUT2D eigenvalue weighted by molar-refractivity contribution is 5.95. The third-order valence-electron chi connectivity index (χ3n) is 7.28. The van der Waals surface area contributed by atoms with E-state index in [-0.39, 0.29) is 29.7 Å². The van der Waals surface area contributed by atoms with Crippen LogP contribution in [-0.2, 0) is 0 Å². The maximum Gasteiger partial charge on any atom is 0.251 e. The van der Waals surface area contributed by atoms with Gasteiger partial charge in [-0.15, -0.1) is 0 Å². The van der Waals surface area contributed by atoms with E-state index in [1.165, 1.54) is 18.5 Å². The molecule has 4 aromatic rings. The maximum absolute atomic E-state index is 14.2. The van der Waals surface area contributed by atoms with Crippen molar-refractivity contribution in [2.75, 3.05) is 19.6 Å². The Balaban J connectivity index is 1.07. The minimum atomic E-state index is -0.483. The number of aromatic amines is 1. The Hall–Kier alpha value is -4.30. The smallest absolute Gasteiger partial charge is 0.251 e. The topological polar surface area (TPSA) is 125 Å². The van der Waals surface area contributed by atoms with E-state index in [9.17, 15) is 14.4 Å². The van der Waals surface area contributed by atoms with Crippen LogP contribution >= 0.6 is 0 Å². The number of hydrogen-bond donors (Lipinski definition) is 2. The van der Waals surface area contributed by atoms with Gasteiger partial charge in [0.05, 0.1) is 30.4 Å². The van der Waals surface area contributed by atoms with E-state index in [2.05, 4.69) is 36.3 Å². The zero-order chi connectivity index (χ0) is 26.8. The molecule has 0 bridgehead atoms. The molecular weight excluding hydrogens is 499 g/mol. The van der Waals surface area contributed by atoms with Gasteiger partial charge in [-0.3, -0.25) is 9.48 Å². The molecule has 2 fully saturated rings. The Bertz CT molecular complexity index is 1510. The Morgan fingerprint density at radius 3 is 2.87 bits per heavy atom. The third-order valence-corrected chi connectivity index (χ3v) is 7.28. The second-order valence-corrected chi connectivity index (χ2v) is 10.2. The second-order valence-electron chi connectivity index (χ2n) is 10.2. The molecule has 6 rings (SSSR count). The zero-order valence-electron chi connectivity index (χ0n) is 21.4. The van der Waals surface area contributed by atoms with Crippen molar-refractivity contribution in [3.63, 3.8) is 0 Å². The highest BCUT2D eigenvalue weighted by Gasteiger charge is 2.26. The summed E-state index contributed by atoms with van der Waals surface area (Å²) >= 11 is 0. The minimum Gasteiger partial charge on any atom is -0.490 e. The van der Waals surface area contributed by atoms with Gasteiger partial charge in [0.1, 0.15) is 29.6 Å². The van der Waals surface area contributed by atoms with Crippen molar-refractivity contribution in [1.29, 1.82) is 5.26 Å². The van der Waals surface area contributed by atoms with E-state index in [0.29, 0.717) is 18.7 Å². The number of carbonyl (C=O) groups excluding carboxylic acids is 1. The number of nitriles is 1. The number of hydrogen-bond acceptors (Lipinski definition) is 7. The molecule has 0 spiro atoms. The summed E-state index contributed by atoms with van der Waals surface area (Å²) in [4.78, 5) is 26.4. The number of ether oxygens (including phenoxy) is 1. The van der Waals surface area contributed by atoms with Crippen LogP contribution in [0.5, 0.6) is 5.75 Å². The van der Waals surface area contributed by atoms with Crippen LogP contribution in [0.3, 0.4) is 0 Å². The molecule has 1 saturated carbocycles. The van der Waals surface area contributed by atoms with Crippen molar-refractivity contribution < 1.29 is 13.9 Å². The van der Waals surface area contributed by atoms with Gasteiger partial charge in [0.15, 0.2) is 0 Å². The molecular formula is C28H29FN8O2. The van der Waals surface area contributed by atoms with Crippen LogP contribution in [0.4, 0.5) is 4.39 Å². The van der Waals surface area contributed by atoms with Gasteiger partial charge in [0.2, 0.25) is 0 Å². The van der Waals surface area contributed by atoms with Crippen LogP contribution < -0.4 is 10.1 Å². The largest absolute Gasteiger partial charge is 0.490 e. The van der Waals surface area contributed by atoms with E-state index < -0.39 is 5.82 Å². The average molecular weight is 529 g/mol. The quantitative estimate of drug-likeness (QED) is 0.338. The predicted octanol–water partition coefficient (Wildman–Crippen LogP) is 3.85. The van der Waals surface area contributed by atoms with Crippen LogP contribution in [0.15, 0.2) is 49.2 Å². The maximum atomic E-state index is 14.2. The van der Waals surface area contributed by atoms with Gasteiger partial charge in [0.25, 0.3) is 5.91 Å². The fourth-order valence-corrected chi connectivity index (χ4v) is 5.07. The molecule has 3 aromatic heterocycles. The SMILES string of the molecule is N#CCC(CN1CCC(Oc2cc(F)cc(C(=O)NC3CC3)c2)CC1)n1cc(-c2ncnc3[nH]ccc23)cn1. The van der Waals surface area contributed by atoms with E-state index in [4.69, 9.17) is 4.74 Å². The lowest BCUT2D eigenvalue weighted by molar-refractivity contribution is 0.0899. The Morgan fingerprint density at radius 1 is 1.23 bits per heavy atom. The van der Waals surface area contributed by atoms with Crippen LogP contribution in [0.1, 0.15) is 48.5 Å². The number of H-pyrrole nitrogens is 1. The van der Waals surface area contributed by atoms with Crippen molar-refractivity contribution in [2.45, 2.75) is 50.3 Å². The minimum absolute atomic E-state index is 0.0744. The van der Waals surface area contributed by atoms with E-state index in [1.54, 1.807) is 12.3 Å². The molecule has 1 aliphatic carbocycles. The fourth-order valence-electron chi connectivity index (χ4n) is 5.07. The normalized spacial score (nSPS) is 17.1. The molecule has 1 atom stereocenters. The molecule has 1 amide bonds. The van der Waals surface area contributed by atoms with Crippen LogP contribution in [0.25, 0.3) is 22.3 Å². The van der Waals surface area contributed by atoms with Gasteiger partial charge in [-0.1, -0.05) is 0 Å². The molecule has 11 heteroatoms. The van der Waals surface area contributed by atoms with Gasteiger partial charge >= 0.3 is 0 Å². The number of amides is 1. The van der Waals surface area contributed by atoms with Crippen molar-refractivity contribution in [1.82, 2.24) is 34.9 Å². The number of halogens is 1. The molecule has 1 aliphatic heterocycles. The number of nitrogens with one attached hydrogen (secondary N) is 2. The van der Waals surface area contributed by atoms with Gasteiger partial charge in [-0.25, -0.2) is 14.4 Å². The van der Waals surface area contributed by atoms with E-state index >= 15 is 0 Å². The second kappa shape index (κ2) is 10.8. The molecule has 200 valence electrons. The summed E-state index contributed by atoms with van der Waals surface area (Å²) in [5.74, 6) is -0.371. The molecule has 1 unspecified atom stereocenters. The van der Waals surface area contributed by atoms with Gasteiger partial charge in [0, 0.05) is 60.6 Å². The fraction of sp³-hybridized carbons (Fsp3) is 0.393. The average Bonchev–Trinajstić information content (AvgIpc) is 3.39. The monoisotopic (exact) mass is 528 g/mol. The molecule has 2 N–H and O–H groups in total. The highest BCUT2D eigenvalue weighted by Crippen LogP contribution is 2.27. The van der Waals surface area contributed by atoms with Crippen molar-refractivity contribution in [2.24, 2.45) is 0 Å². The first-order valence-electron chi connectivity index (χ1n) is 13.3. The van der Waals surface area contributed by atoms with E-state index in [1.807, 2.05) is 23.1 Å². The third kappa shape index (κ3) is 5.76. The first-order chi connectivity index (χ1) is 19.1. The summed E-state index contributed by atoms with van der Waals surface area (Å²) in [5.41, 5.74) is 2.72. The van der Waals surface area contributed by atoms with Crippen LogP contribution in [0, 0.1) is 17.1 Å². The van der Waals surface area contributed by atoms with Crippen LogP contribution in [-0.4, -0.2) is 67.3 Å². The number of benzene rings is 1. The van der Waals surface area contributed by atoms with Gasteiger partial charge in [-0.05, 0) is 43.9 Å². The van der Waals surface area contributed by atoms with Gasteiger partial charge < -0.3 is 19.9 Å². The molecule has 1 saturated heterocycles. The molecule has 39 heavy (non-hydrogen) atoms. The number of aromatic nitrogens is 5. The van der Waals surface area contributed by atoms with Crippen LogP contribution in [0.2, 0.25) is 0 Å². The first-order valence-corrected chi connectivity index (χ1v) is 13.3. The number of likely N-dealkylation sites (tertiary alicyclic amines) is 1. The van der Waals surface area contributed by atoms with Crippen molar-refractivity contribution in [3.8, 4) is 23.1 Å². The lowest BCUT2D eigenvalue weighted by atomic mass is 10.1. The summed E-state index contributed by atoms with van der Waals surface area (Å²) in [6.45, 7) is 2.23. The van der Waals surface area contributed by atoms with Crippen molar-refractivity contribution >= 4 is 16.9 Å². The molecule has 10 nitrogen and oxygen atoms in total.